The molecule has 1 aliphatic rings. The van der Waals surface area contributed by atoms with Crippen LogP contribution >= 0.6 is 11.5 Å². The Labute approximate surface area is 107 Å². The molecule has 0 amide bonds. The number of hydrogen-bond acceptors (Lipinski definition) is 4. The number of allylic oxidation sites excluding steroid dienone is 1. The zero-order valence-corrected chi connectivity index (χ0v) is 11.5. The van der Waals surface area contributed by atoms with E-state index in [2.05, 4.69) is 36.4 Å². The van der Waals surface area contributed by atoms with Crippen LogP contribution in [0.25, 0.3) is 0 Å². The minimum atomic E-state index is -0.496. The largest absolute Gasteiger partial charge is 0.383 e. The predicted molar refractivity (Wildman–Crippen MR) is 70.1 cm³/mol. The van der Waals surface area contributed by atoms with E-state index in [-0.39, 0.29) is 5.41 Å². The summed E-state index contributed by atoms with van der Waals surface area (Å²) in [5, 5.41) is 14.6. The topological polar surface area (TPSA) is 46.0 Å². The predicted octanol–water partition coefficient (Wildman–Crippen LogP) is 3.37. The molecule has 1 N–H and O–H groups in total. The third-order valence-corrected chi connectivity index (χ3v) is 3.93. The summed E-state index contributed by atoms with van der Waals surface area (Å²) >= 11 is 1.33. The van der Waals surface area contributed by atoms with E-state index in [9.17, 15) is 5.11 Å². The Hall–Kier alpha value is -0.740. The third-order valence-electron chi connectivity index (χ3n) is 3.15. The van der Waals surface area contributed by atoms with Gasteiger partial charge in [0, 0.05) is 5.41 Å². The van der Waals surface area contributed by atoms with Crippen LogP contribution in [0, 0.1) is 0 Å². The second-order valence-electron chi connectivity index (χ2n) is 5.66. The first-order valence-corrected chi connectivity index (χ1v) is 6.97. The lowest BCUT2D eigenvalue weighted by Gasteiger charge is -2.22. The van der Waals surface area contributed by atoms with E-state index >= 15 is 0 Å². The first kappa shape index (κ1) is 12.7. The summed E-state index contributed by atoms with van der Waals surface area (Å²) in [5.41, 5.74) is 2.02. The van der Waals surface area contributed by atoms with Gasteiger partial charge in [-0.1, -0.05) is 31.3 Å². The summed E-state index contributed by atoms with van der Waals surface area (Å²) < 4.78 is 4.01. The number of aliphatic hydroxyl groups is 1. The van der Waals surface area contributed by atoms with Crippen LogP contribution in [0.1, 0.15) is 63.1 Å². The third kappa shape index (κ3) is 2.75. The molecule has 1 aliphatic carbocycles. The van der Waals surface area contributed by atoms with Crippen molar-refractivity contribution in [3.8, 4) is 0 Å². The molecule has 17 heavy (non-hydrogen) atoms. The maximum atomic E-state index is 10.4. The van der Waals surface area contributed by atoms with Gasteiger partial charge in [-0.05, 0) is 42.8 Å². The van der Waals surface area contributed by atoms with Crippen molar-refractivity contribution in [2.45, 2.75) is 58.0 Å². The molecule has 1 heterocycles. The zero-order valence-electron chi connectivity index (χ0n) is 10.7. The molecule has 1 aromatic heterocycles. The summed E-state index contributed by atoms with van der Waals surface area (Å²) in [6, 6.07) is 0. The highest BCUT2D eigenvalue weighted by atomic mass is 32.1. The molecule has 0 spiro atoms. The number of hydrogen-bond donors (Lipinski definition) is 1. The lowest BCUT2D eigenvalue weighted by Crippen LogP contribution is -2.16. The summed E-state index contributed by atoms with van der Waals surface area (Å²) in [6.07, 6.45) is 6.19. The van der Waals surface area contributed by atoms with Crippen LogP contribution in [0.3, 0.4) is 0 Å². The lowest BCUT2D eigenvalue weighted by molar-refractivity contribution is 0.209. The van der Waals surface area contributed by atoms with Gasteiger partial charge in [0.05, 0.1) is 10.6 Å². The molecule has 0 fully saturated rings. The van der Waals surface area contributed by atoms with E-state index in [0.29, 0.717) is 0 Å². The van der Waals surface area contributed by atoms with E-state index in [1.165, 1.54) is 24.4 Å². The SMILES string of the molecule is CC(C)(C)c1nnsc1C(O)C1=CCCCC1. The van der Waals surface area contributed by atoms with Gasteiger partial charge in [0.1, 0.15) is 6.10 Å². The van der Waals surface area contributed by atoms with Crippen LogP contribution in [0.5, 0.6) is 0 Å². The Balaban J connectivity index is 2.28. The van der Waals surface area contributed by atoms with Gasteiger partial charge in [0.2, 0.25) is 0 Å². The maximum Gasteiger partial charge on any atom is 0.113 e. The minimum Gasteiger partial charge on any atom is -0.383 e. The molecular weight excluding hydrogens is 232 g/mol. The highest BCUT2D eigenvalue weighted by molar-refractivity contribution is 7.05. The van der Waals surface area contributed by atoms with Crippen molar-refractivity contribution in [2.24, 2.45) is 0 Å². The van der Waals surface area contributed by atoms with E-state index in [1.54, 1.807) is 0 Å². The quantitative estimate of drug-likeness (QED) is 0.821. The summed E-state index contributed by atoms with van der Waals surface area (Å²) in [4.78, 5) is 0.922. The average Bonchev–Trinajstić information content (AvgIpc) is 2.78. The lowest BCUT2D eigenvalue weighted by atomic mass is 9.87. The van der Waals surface area contributed by atoms with Crippen molar-refractivity contribution in [1.29, 1.82) is 0 Å². The van der Waals surface area contributed by atoms with Crippen LogP contribution in [-0.2, 0) is 5.41 Å². The van der Waals surface area contributed by atoms with Crippen molar-refractivity contribution in [2.75, 3.05) is 0 Å². The molecule has 0 saturated heterocycles. The molecule has 0 aromatic carbocycles. The molecular formula is C13H20N2OS. The minimum absolute atomic E-state index is 0.0570. The fraction of sp³-hybridized carbons (Fsp3) is 0.692. The Kier molecular flexibility index (Phi) is 3.64. The van der Waals surface area contributed by atoms with Gasteiger partial charge in [-0.2, -0.15) is 0 Å². The van der Waals surface area contributed by atoms with Crippen molar-refractivity contribution in [1.82, 2.24) is 9.59 Å². The highest BCUT2D eigenvalue weighted by Crippen LogP contribution is 2.36. The highest BCUT2D eigenvalue weighted by Gasteiger charge is 2.28. The summed E-state index contributed by atoms with van der Waals surface area (Å²) in [7, 11) is 0. The monoisotopic (exact) mass is 252 g/mol. The number of aromatic nitrogens is 2. The van der Waals surface area contributed by atoms with Crippen LogP contribution in [0.2, 0.25) is 0 Å². The fourth-order valence-corrected chi connectivity index (χ4v) is 3.07. The Morgan fingerprint density at radius 3 is 2.71 bits per heavy atom. The maximum absolute atomic E-state index is 10.4. The van der Waals surface area contributed by atoms with Crippen LogP contribution in [0.15, 0.2) is 11.6 Å². The molecule has 94 valence electrons. The molecule has 0 bridgehead atoms. The molecule has 1 atom stereocenters. The molecule has 4 heteroatoms. The summed E-state index contributed by atoms with van der Waals surface area (Å²) in [6.45, 7) is 6.32. The molecule has 1 aromatic rings. The molecule has 1 unspecified atom stereocenters. The smallest absolute Gasteiger partial charge is 0.113 e. The Morgan fingerprint density at radius 2 is 2.12 bits per heavy atom. The van der Waals surface area contributed by atoms with E-state index in [0.717, 1.165) is 29.0 Å². The first-order valence-electron chi connectivity index (χ1n) is 6.20. The average molecular weight is 252 g/mol. The molecule has 2 rings (SSSR count). The Morgan fingerprint density at radius 1 is 1.35 bits per heavy atom. The first-order chi connectivity index (χ1) is 8.00. The van der Waals surface area contributed by atoms with Crippen LogP contribution in [-0.4, -0.2) is 14.7 Å². The van der Waals surface area contributed by atoms with Crippen molar-refractivity contribution in [3.63, 3.8) is 0 Å². The standard InChI is InChI=1S/C13H20N2OS/c1-13(2,3)12-11(17-15-14-12)10(16)9-7-5-4-6-8-9/h7,10,16H,4-6,8H2,1-3H3. The number of nitrogens with zero attached hydrogens (tertiary/aromatic N) is 2. The van der Waals surface area contributed by atoms with Crippen LogP contribution in [0.4, 0.5) is 0 Å². The summed E-state index contributed by atoms with van der Waals surface area (Å²) in [5.74, 6) is 0. The molecule has 3 nitrogen and oxygen atoms in total. The van der Waals surface area contributed by atoms with Gasteiger partial charge < -0.3 is 5.11 Å². The van der Waals surface area contributed by atoms with E-state index < -0.39 is 6.10 Å². The van der Waals surface area contributed by atoms with Gasteiger partial charge in [-0.25, -0.2) is 0 Å². The zero-order chi connectivity index (χ0) is 12.5. The van der Waals surface area contributed by atoms with E-state index in [1.807, 2.05) is 0 Å². The number of aliphatic hydroxyl groups excluding tert-OH is 1. The van der Waals surface area contributed by atoms with Crippen molar-refractivity contribution >= 4 is 11.5 Å². The fourth-order valence-electron chi connectivity index (χ4n) is 2.18. The number of rotatable bonds is 2. The second-order valence-corrected chi connectivity index (χ2v) is 6.45. The molecule has 0 radical (unpaired) electrons. The normalized spacial score (nSPS) is 18.9. The molecule has 0 aliphatic heterocycles. The van der Waals surface area contributed by atoms with Gasteiger partial charge >= 0.3 is 0 Å². The van der Waals surface area contributed by atoms with Gasteiger partial charge in [-0.15, -0.1) is 5.10 Å². The van der Waals surface area contributed by atoms with Crippen molar-refractivity contribution in [3.05, 3.63) is 22.2 Å². The van der Waals surface area contributed by atoms with Crippen molar-refractivity contribution < 1.29 is 5.11 Å². The van der Waals surface area contributed by atoms with Gasteiger partial charge in [0.15, 0.2) is 0 Å². The van der Waals surface area contributed by atoms with Gasteiger partial charge in [-0.3, -0.25) is 0 Å². The van der Waals surface area contributed by atoms with Gasteiger partial charge in [0.25, 0.3) is 0 Å². The Bertz CT molecular complexity index is 417. The van der Waals surface area contributed by atoms with Crippen LogP contribution < -0.4 is 0 Å². The molecule has 0 saturated carbocycles. The van der Waals surface area contributed by atoms with E-state index in [4.69, 9.17) is 0 Å². The second kappa shape index (κ2) is 4.86.